The average Bonchev–Trinajstić information content (AvgIpc) is 3.10. The van der Waals surface area contributed by atoms with Crippen molar-refractivity contribution in [2.24, 2.45) is 17.8 Å². The van der Waals surface area contributed by atoms with E-state index in [1.165, 1.54) is 31.2 Å². The van der Waals surface area contributed by atoms with Gasteiger partial charge in [-0.3, -0.25) is 0 Å². The van der Waals surface area contributed by atoms with E-state index in [0.29, 0.717) is 4.83 Å². The number of alkyl halides is 1. The highest BCUT2D eigenvalue weighted by atomic mass is 79.9. The Morgan fingerprint density at radius 1 is 1.15 bits per heavy atom. The Morgan fingerprint density at radius 3 is 2.55 bits per heavy atom. The van der Waals surface area contributed by atoms with E-state index >= 15 is 0 Å². The van der Waals surface area contributed by atoms with Gasteiger partial charge in [-0.1, -0.05) is 38.3 Å². The van der Waals surface area contributed by atoms with E-state index in [2.05, 4.69) is 47.9 Å². The molecule has 106 valence electrons. The molecule has 4 atom stereocenters. The van der Waals surface area contributed by atoms with E-state index in [0.717, 1.165) is 33.3 Å². The molecule has 2 bridgehead atoms. The molecule has 1 aromatic heterocycles. The van der Waals surface area contributed by atoms with E-state index in [1.54, 1.807) is 0 Å². The average molecular weight is 400 g/mol. The first-order valence-corrected chi connectivity index (χ1v) is 8.88. The minimum atomic E-state index is -0.143. The summed E-state index contributed by atoms with van der Waals surface area (Å²) in [6.07, 6.45) is 5.56. The van der Waals surface area contributed by atoms with Gasteiger partial charge in [-0.05, 0) is 54.7 Å². The van der Waals surface area contributed by atoms with Crippen LogP contribution in [0.3, 0.4) is 0 Å². The maximum atomic E-state index is 11.4. The van der Waals surface area contributed by atoms with Crippen molar-refractivity contribution >= 4 is 42.9 Å². The van der Waals surface area contributed by atoms with Crippen molar-refractivity contribution in [1.82, 2.24) is 9.97 Å². The van der Waals surface area contributed by atoms with Crippen LogP contribution in [0.15, 0.2) is 21.4 Å². The molecule has 2 aromatic rings. The standard InChI is InChI=1S/C15H16Br2N2O/c16-11-6-13-12(18-15(20)19-13)5-10(11)14(17)9-4-7-1-2-8(9)3-7/h5-9,14H,1-4H2,(H2,18,19,20). The molecule has 1 aromatic carbocycles. The third kappa shape index (κ3) is 2.01. The van der Waals surface area contributed by atoms with Gasteiger partial charge >= 0.3 is 5.69 Å². The number of hydrogen-bond acceptors (Lipinski definition) is 1. The van der Waals surface area contributed by atoms with Crippen LogP contribution in [0.5, 0.6) is 0 Å². The third-order valence-electron chi connectivity index (χ3n) is 5.10. The molecule has 2 N–H and O–H groups in total. The van der Waals surface area contributed by atoms with Crippen molar-refractivity contribution in [2.45, 2.75) is 30.5 Å². The first-order valence-electron chi connectivity index (χ1n) is 7.17. The molecule has 20 heavy (non-hydrogen) atoms. The van der Waals surface area contributed by atoms with Crippen LogP contribution in [0.2, 0.25) is 0 Å². The molecule has 4 rings (SSSR count). The number of halogens is 2. The largest absolute Gasteiger partial charge is 0.323 e. The molecule has 0 aliphatic heterocycles. The van der Waals surface area contributed by atoms with Crippen molar-refractivity contribution in [2.75, 3.05) is 0 Å². The van der Waals surface area contributed by atoms with Crippen molar-refractivity contribution in [1.29, 1.82) is 0 Å². The normalized spacial score (nSPS) is 30.2. The highest BCUT2D eigenvalue weighted by molar-refractivity contribution is 9.11. The minimum Gasteiger partial charge on any atom is -0.306 e. The van der Waals surface area contributed by atoms with Crippen molar-refractivity contribution in [3.63, 3.8) is 0 Å². The zero-order valence-corrected chi connectivity index (χ0v) is 14.1. The van der Waals surface area contributed by atoms with E-state index < -0.39 is 0 Å². The summed E-state index contributed by atoms with van der Waals surface area (Å²) in [5, 5.41) is 0. The second kappa shape index (κ2) is 4.73. The molecule has 0 radical (unpaired) electrons. The molecule has 0 spiro atoms. The molecule has 5 heteroatoms. The van der Waals surface area contributed by atoms with Crippen molar-refractivity contribution in [3.8, 4) is 0 Å². The van der Waals surface area contributed by atoms with Crippen LogP contribution >= 0.6 is 31.9 Å². The van der Waals surface area contributed by atoms with Gasteiger partial charge in [0.1, 0.15) is 0 Å². The Hall–Kier alpha value is -0.550. The fourth-order valence-corrected chi connectivity index (χ4v) is 6.09. The van der Waals surface area contributed by atoms with Crippen LogP contribution in [-0.2, 0) is 0 Å². The maximum Gasteiger partial charge on any atom is 0.323 e. The maximum absolute atomic E-state index is 11.4. The summed E-state index contributed by atoms with van der Waals surface area (Å²) in [6, 6.07) is 4.10. The number of fused-ring (bicyclic) bond motifs is 3. The van der Waals surface area contributed by atoms with Gasteiger partial charge in [0.2, 0.25) is 0 Å². The number of benzene rings is 1. The summed E-state index contributed by atoms with van der Waals surface area (Å²) >= 11 is 7.59. The third-order valence-corrected chi connectivity index (χ3v) is 6.96. The fraction of sp³-hybridized carbons (Fsp3) is 0.533. The molecular formula is C15H16Br2N2O. The Kier molecular flexibility index (Phi) is 3.11. The van der Waals surface area contributed by atoms with Crippen LogP contribution in [0.4, 0.5) is 0 Å². The number of H-pyrrole nitrogens is 2. The lowest BCUT2D eigenvalue weighted by Crippen LogP contribution is -2.15. The molecule has 2 fully saturated rings. The molecule has 4 unspecified atom stereocenters. The van der Waals surface area contributed by atoms with Crippen LogP contribution in [0, 0.1) is 17.8 Å². The first kappa shape index (κ1) is 13.1. The lowest BCUT2D eigenvalue weighted by molar-refractivity contribution is 0.329. The summed E-state index contributed by atoms with van der Waals surface area (Å²) in [6.45, 7) is 0. The van der Waals surface area contributed by atoms with Crippen LogP contribution in [0.1, 0.15) is 36.1 Å². The lowest BCUT2D eigenvalue weighted by Gasteiger charge is -2.27. The van der Waals surface area contributed by atoms with E-state index in [4.69, 9.17) is 0 Å². The van der Waals surface area contributed by atoms with Crippen molar-refractivity contribution < 1.29 is 0 Å². The molecule has 0 amide bonds. The number of imidazole rings is 1. The van der Waals surface area contributed by atoms with Gasteiger partial charge in [-0.15, -0.1) is 0 Å². The second-order valence-electron chi connectivity index (χ2n) is 6.24. The highest BCUT2D eigenvalue weighted by Gasteiger charge is 2.43. The van der Waals surface area contributed by atoms with Gasteiger partial charge < -0.3 is 9.97 Å². The predicted molar refractivity (Wildman–Crippen MR) is 87.2 cm³/mol. The second-order valence-corrected chi connectivity index (χ2v) is 8.08. The van der Waals surface area contributed by atoms with Gasteiger partial charge in [-0.25, -0.2) is 4.79 Å². The Labute approximate surface area is 133 Å². The SMILES string of the molecule is O=c1[nH]c2cc(Br)c(C(Br)C3CC4CCC3C4)cc2[nH]1. The number of rotatable bonds is 2. The first-order chi connectivity index (χ1) is 9.61. The molecule has 1 heterocycles. The molecule has 2 saturated carbocycles. The van der Waals surface area contributed by atoms with Gasteiger partial charge in [0.15, 0.2) is 0 Å². The summed E-state index contributed by atoms with van der Waals surface area (Å²) in [5.74, 6) is 2.55. The predicted octanol–water partition coefficient (Wildman–Crippen LogP) is 4.49. The molecular weight excluding hydrogens is 384 g/mol. The van der Waals surface area contributed by atoms with Gasteiger partial charge in [-0.2, -0.15) is 0 Å². The smallest absolute Gasteiger partial charge is 0.306 e. The van der Waals surface area contributed by atoms with Crippen LogP contribution < -0.4 is 5.69 Å². The van der Waals surface area contributed by atoms with Crippen LogP contribution in [-0.4, -0.2) is 9.97 Å². The van der Waals surface area contributed by atoms with E-state index in [9.17, 15) is 4.79 Å². The Balaban J connectivity index is 1.73. The molecule has 3 nitrogen and oxygen atoms in total. The van der Waals surface area contributed by atoms with Gasteiger partial charge in [0.25, 0.3) is 0 Å². The number of hydrogen-bond donors (Lipinski definition) is 2. The Bertz CT molecular complexity index is 720. The summed E-state index contributed by atoms with van der Waals surface area (Å²) in [4.78, 5) is 17.4. The summed E-state index contributed by atoms with van der Waals surface area (Å²) in [5.41, 5.74) is 2.86. The van der Waals surface area contributed by atoms with Crippen molar-refractivity contribution in [3.05, 3.63) is 32.7 Å². The number of nitrogens with one attached hydrogen (secondary N) is 2. The topological polar surface area (TPSA) is 48.6 Å². The van der Waals surface area contributed by atoms with Gasteiger partial charge in [0, 0.05) is 9.30 Å². The molecule has 2 aliphatic rings. The quantitative estimate of drug-likeness (QED) is 0.718. The number of aromatic nitrogens is 2. The lowest BCUT2D eigenvalue weighted by atomic mass is 9.84. The van der Waals surface area contributed by atoms with E-state index in [-0.39, 0.29) is 5.69 Å². The van der Waals surface area contributed by atoms with E-state index in [1.807, 2.05) is 6.07 Å². The molecule has 2 aliphatic carbocycles. The van der Waals surface area contributed by atoms with Gasteiger partial charge in [0.05, 0.1) is 11.0 Å². The monoisotopic (exact) mass is 398 g/mol. The summed E-state index contributed by atoms with van der Waals surface area (Å²) in [7, 11) is 0. The number of aromatic amines is 2. The molecule has 0 saturated heterocycles. The summed E-state index contributed by atoms with van der Waals surface area (Å²) < 4.78 is 1.07. The Morgan fingerprint density at radius 2 is 1.90 bits per heavy atom. The zero-order chi connectivity index (χ0) is 13.9. The van der Waals surface area contributed by atoms with Crippen LogP contribution in [0.25, 0.3) is 11.0 Å². The highest BCUT2D eigenvalue weighted by Crippen LogP contribution is 2.55. The minimum absolute atomic E-state index is 0.143. The fourth-order valence-electron chi connectivity index (χ4n) is 4.17. The zero-order valence-electron chi connectivity index (χ0n) is 11.0.